The molecule has 0 spiro atoms. The highest BCUT2D eigenvalue weighted by Gasteiger charge is 2.16. The van der Waals surface area contributed by atoms with Crippen molar-refractivity contribution in [3.8, 4) is 0 Å². The number of nitrogens with one attached hydrogen (secondary N) is 1. The molecule has 5 heteroatoms. The van der Waals surface area contributed by atoms with Gasteiger partial charge in [0.2, 0.25) is 5.91 Å². The van der Waals surface area contributed by atoms with Crippen molar-refractivity contribution < 1.29 is 13.9 Å². The number of rotatable bonds is 8. The van der Waals surface area contributed by atoms with Gasteiger partial charge in [0.05, 0.1) is 13.2 Å². The first-order valence-corrected chi connectivity index (χ1v) is 7.60. The first-order chi connectivity index (χ1) is 10.7. The number of likely N-dealkylation sites (N-methyl/N-ethyl adjacent to an activating group) is 1. The van der Waals surface area contributed by atoms with E-state index in [4.69, 9.17) is 9.15 Å². The number of nitrogens with zero attached hydrogens (tertiary/aromatic N) is 1. The Morgan fingerprint density at radius 1 is 1.36 bits per heavy atom. The molecule has 2 rings (SSSR count). The van der Waals surface area contributed by atoms with E-state index in [2.05, 4.69) is 12.2 Å². The summed E-state index contributed by atoms with van der Waals surface area (Å²) in [5, 5.41) is 4.16. The van der Waals surface area contributed by atoms with Crippen molar-refractivity contribution in [2.24, 2.45) is 0 Å². The van der Waals surface area contributed by atoms with E-state index in [-0.39, 0.29) is 5.91 Å². The largest absolute Gasteiger partial charge is 0.461 e. The summed E-state index contributed by atoms with van der Waals surface area (Å²) in [5.74, 6) is 1.01. The molecule has 0 aliphatic rings. The Labute approximate surface area is 131 Å². The van der Waals surface area contributed by atoms with Gasteiger partial charge in [0.1, 0.15) is 11.3 Å². The molecule has 0 bridgehead atoms. The predicted octanol–water partition coefficient (Wildman–Crippen LogP) is 2.19. The molecule has 120 valence electrons. The fourth-order valence-electron chi connectivity index (χ4n) is 2.44. The summed E-state index contributed by atoms with van der Waals surface area (Å²) in [6.45, 7) is 4.21. The number of para-hydroxylation sites is 1. The molecular formula is C17H24N2O3. The summed E-state index contributed by atoms with van der Waals surface area (Å²) >= 11 is 0. The third-order valence-electron chi connectivity index (χ3n) is 3.68. The Balaban J connectivity index is 2.04. The number of aryl methyl sites for hydroxylation is 1. The topological polar surface area (TPSA) is 54.7 Å². The van der Waals surface area contributed by atoms with Gasteiger partial charge in [0.15, 0.2) is 0 Å². The maximum atomic E-state index is 12.2. The molecule has 1 aromatic carbocycles. The van der Waals surface area contributed by atoms with Crippen molar-refractivity contribution >= 4 is 16.9 Å². The zero-order chi connectivity index (χ0) is 15.9. The Bertz CT molecular complexity index is 621. The minimum absolute atomic E-state index is 0.0587. The van der Waals surface area contributed by atoms with Crippen molar-refractivity contribution in [2.75, 3.05) is 33.9 Å². The lowest BCUT2D eigenvalue weighted by molar-refractivity contribution is -0.129. The fourth-order valence-corrected chi connectivity index (χ4v) is 2.44. The van der Waals surface area contributed by atoms with Crippen molar-refractivity contribution in [1.29, 1.82) is 0 Å². The van der Waals surface area contributed by atoms with Gasteiger partial charge in [-0.25, -0.2) is 0 Å². The number of fused-ring (bicyclic) bond motifs is 1. The zero-order valence-corrected chi connectivity index (χ0v) is 13.5. The van der Waals surface area contributed by atoms with Crippen molar-refractivity contribution in [3.63, 3.8) is 0 Å². The van der Waals surface area contributed by atoms with Gasteiger partial charge in [0, 0.05) is 44.6 Å². The smallest absolute Gasteiger partial charge is 0.236 e. The van der Waals surface area contributed by atoms with Gasteiger partial charge >= 0.3 is 0 Å². The Hall–Kier alpha value is -1.85. The van der Waals surface area contributed by atoms with Crippen molar-refractivity contribution in [1.82, 2.24) is 10.2 Å². The number of ether oxygens (including phenoxy) is 1. The van der Waals surface area contributed by atoms with E-state index in [1.54, 1.807) is 12.0 Å². The van der Waals surface area contributed by atoms with Crippen molar-refractivity contribution in [2.45, 2.75) is 19.9 Å². The number of benzene rings is 1. The summed E-state index contributed by atoms with van der Waals surface area (Å²) in [4.78, 5) is 13.9. The summed E-state index contributed by atoms with van der Waals surface area (Å²) in [6, 6.07) is 7.97. The van der Waals surface area contributed by atoms with Crippen LogP contribution in [0.1, 0.15) is 18.2 Å². The second kappa shape index (κ2) is 7.96. The fraction of sp³-hybridized carbons (Fsp3) is 0.471. The Morgan fingerprint density at radius 2 is 2.14 bits per heavy atom. The van der Waals surface area contributed by atoms with Crippen LogP contribution in [0.25, 0.3) is 11.0 Å². The maximum Gasteiger partial charge on any atom is 0.236 e. The first kappa shape index (κ1) is 16.5. The van der Waals surface area contributed by atoms with Crippen LogP contribution in [0.5, 0.6) is 0 Å². The van der Waals surface area contributed by atoms with Gasteiger partial charge in [-0.2, -0.15) is 0 Å². The van der Waals surface area contributed by atoms with Crippen LogP contribution in [0, 0.1) is 0 Å². The van der Waals surface area contributed by atoms with E-state index in [1.807, 2.05) is 31.3 Å². The number of hydrogen-bond donors (Lipinski definition) is 1. The highest BCUT2D eigenvalue weighted by atomic mass is 16.5. The van der Waals surface area contributed by atoms with E-state index < -0.39 is 0 Å². The van der Waals surface area contributed by atoms with Crippen LogP contribution < -0.4 is 5.32 Å². The van der Waals surface area contributed by atoms with E-state index in [0.717, 1.165) is 28.7 Å². The minimum atomic E-state index is 0.0587. The lowest BCUT2D eigenvalue weighted by Gasteiger charge is -2.17. The number of hydrogen-bond acceptors (Lipinski definition) is 4. The van der Waals surface area contributed by atoms with Gasteiger partial charge in [0.25, 0.3) is 0 Å². The summed E-state index contributed by atoms with van der Waals surface area (Å²) < 4.78 is 10.8. The molecule has 22 heavy (non-hydrogen) atoms. The molecule has 5 nitrogen and oxygen atoms in total. The Morgan fingerprint density at radius 3 is 2.86 bits per heavy atom. The van der Waals surface area contributed by atoms with Crippen LogP contribution in [-0.4, -0.2) is 44.7 Å². The predicted molar refractivity (Wildman–Crippen MR) is 86.8 cm³/mol. The molecule has 0 saturated carbocycles. The molecule has 1 heterocycles. The van der Waals surface area contributed by atoms with Crippen molar-refractivity contribution in [3.05, 3.63) is 35.6 Å². The van der Waals surface area contributed by atoms with Gasteiger partial charge in [-0.3, -0.25) is 4.79 Å². The lowest BCUT2D eigenvalue weighted by atomic mass is 10.1. The zero-order valence-electron chi connectivity index (χ0n) is 13.5. The van der Waals surface area contributed by atoms with Crippen LogP contribution >= 0.6 is 0 Å². The molecule has 0 aliphatic carbocycles. The Kier molecular flexibility index (Phi) is 5.98. The van der Waals surface area contributed by atoms with Gasteiger partial charge in [-0.1, -0.05) is 25.1 Å². The average Bonchev–Trinajstić information content (AvgIpc) is 2.89. The van der Waals surface area contributed by atoms with Crippen LogP contribution in [0.2, 0.25) is 0 Å². The number of carbonyl (C=O) groups excluding carboxylic acids is 1. The second-order valence-electron chi connectivity index (χ2n) is 5.27. The number of methoxy groups -OCH3 is 1. The summed E-state index contributed by atoms with van der Waals surface area (Å²) in [5.41, 5.74) is 1.99. The monoisotopic (exact) mass is 304 g/mol. The van der Waals surface area contributed by atoms with Crippen LogP contribution in [0.15, 0.2) is 28.7 Å². The standard InChI is InChI=1S/C17H24N2O3/c1-4-15-14(13-7-5-6-8-16(13)22-15)12-19(2)17(20)11-18-9-10-21-3/h5-8,18H,4,9-12H2,1-3H3. The first-order valence-electron chi connectivity index (χ1n) is 7.60. The molecule has 0 radical (unpaired) electrons. The highest BCUT2D eigenvalue weighted by Crippen LogP contribution is 2.27. The summed E-state index contributed by atoms with van der Waals surface area (Å²) in [6.07, 6.45) is 0.818. The molecule has 1 amide bonds. The lowest BCUT2D eigenvalue weighted by Crippen LogP contribution is -2.36. The van der Waals surface area contributed by atoms with Crippen LogP contribution in [0.3, 0.4) is 0 Å². The average molecular weight is 304 g/mol. The SMILES string of the molecule is CCc1oc2ccccc2c1CN(C)C(=O)CNCCOC. The summed E-state index contributed by atoms with van der Waals surface area (Å²) in [7, 11) is 3.47. The quantitative estimate of drug-likeness (QED) is 0.760. The second-order valence-corrected chi connectivity index (χ2v) is 5.27. The molecule has 0 saturated heterocycles. The van der Waals surface area contributed by atoms with E-state index in [9.17, 15) is 4.79 Å². The number of furan rings is 1. The molecular weight excluding hydrogens is 280 g/mol. The highest BCUT2D eigenvalue weighted by molar-refractivity contribution is 5.83. The molecule has 0 aliphatic heterocycles. The molecule has 1 N–H and O–H groups in total. The van der Waals surface area contributed by atoms with E-state index in [1.165, 1.54) is 0 Å². The minimum Gasteiger partial charge on any atom is -0.461 e. The molecule has 0 fully saturated rings. The molecule has 2 aromatic rings. The van der Waals surface area contributed by atoms with Crippen LogP contribution in [0.4, 0.5) is 0 Å². The van der Waals surface area contributed by atoms with Gasteiger partial charge in [-0.15, -0.1) is 0 Å². The normalized spacial score (nSPS) is 11.0. The molecule has 1 aromatic heterocycles. The third-order valence-corrected chi connectivity index (χ3v) is 3.68. The van der Waals surface area contributed by atoms with Gasteiger partial charge in [-0.05, 0) is 6.07 Å². The molecule has 0 unspecified atom stereocenters. The number of carbonyl (C=O) groups is 1. The van der Waals surface area contributed by atoms with E-state index >= 15 is 0 Å². The molecule has 0 atom stereocenters. The van der Waals surface area contributed by atoms with E-state index in [0.29, 0.717) is 26.2 Å². The van der Waals surface area contributed by atoms with Crippen LogP contribution in [-0.2, 0) is 22.5 Å². The number of amides is 1. The van der Waals surface area contributed by atoms with Gasteiger partial charge < -0.3 is 19.4 Å². The third kappa shape index (κ3) is 3.87. The maximum absolute atomic E-state index is 12.2.